The van der Waals surface area contributed by atoms with Crippen LogP contribution >= 0.6 is 0 Å². The first-order valence-corrected chi connectivity index (χ1v) is 9.78. The van der Waals surface area contributed by atoms with Gasteiger partial charge in [-0.3, -0.25) is 9.59 Å². The number of amides is 2. The van der Waals surface area contributed by atoms with E-state index in [1.165, 1.54) is 18.3 Å². The number of nitrogens with one attached hydrogen (secondary N) is 2. The molecule has 0 aliphatic heterocycles. The average molecular weight is 415 g/mol. The van der Waals surface area contributed by atoms with Crippen LogP contribution in [0.25, 0.3) is 0 Å². The standard InChI is InChI=1S/C22H26FN3O4/c1-3-5-11-24-21(27)22(28)26-25-14-16-9-10-19(20(13-16)29-4-2)30-15-17-7-6-8-18(23)12-17/h6-10,12-14H,3-5,11,15H2,1-2H3,(H,24,27)(H,26,28)/b25-14-. The molecule has 0 saturated carbocycles. The number of unbranched alkanes of at least 4 members (excludes halogenated alkanes) is 1. The third kappa shape index (κ3) is 7.54. The van der Waals surface area contributed by atoms with E-state index in [9.17, 15) is 14.0 Å². The number of halogens is 1. The molecule has 2 rings (SSSR count). The summed E-state index contributed by atoms with van der Waals surface area (Å²) in [6, 6.07) is 11.3. The van der Waals surface area contributed by atoms with Gasteiger partial charge in [-0.15, -0.1) is 0 Å². The number of ether oxygens (including phenoxy) is 2. The van der Waals surface area contributed by atoms with Gasteiger partial charge in [-0.1, -0.05) is 25.5 Å². The van der Waals surface area contributed by atoms with Gasteiger partial charge in [0.25, 0.3) is 0 Å². The fourth-order valence-electron chi connectivity index (χ4n) is 2.46. The van der Waals surface area contributed by atoms with Gasteiger partial charge < -0.3 is 14.8 Å². The van der Waals surface area contributed by atoms with Crippen molar-refractivity contribution in [1.29, 1.82) is 0 Å². The molecule has 0 spiro atoms. The summed E-state index contributed by atoms with van der Waals surface area (Å²) in [6.07, 6.45) is 3.12. The van der Waals surface area contributed by atoms with Crippen LogP contribution in [0.4, 0.5) is 4.39 Å². The first kappa shape index (κ1) is 22.9. The quantitative estimate of drug-likeness (QED) is 0.270. The summed E-state index contributed by atoms with van der Waals surface area (Å²) in [6.45, 7) is 4.89. The van der Waals surface area contributed by atoms with E-state index >= 15 is 0 Å². The molecule has 2 N–H and O–H groups in total. The monoisotopic (exact) mass is 415 g/mol. The minimum atomic E-state index is -0.831. The summed E-state index contributed by atoms with van der Waals surface area (Å²) in [5.41, 5.74) is 3.53. The highest BCUT2D eigenvalue weighted by atomic mass is 19.1. The summed E-state index contributed by atoms with van der Waals surface area (Å²) in [5, 5.41) is 6.31. The third-order valence-corrected chi connectivity index (χ3v) is 3.95. The Morgan fingerprint density at radius 3 is 2.63 bits per heavy atom. The topological polar surface area (TPSA) is 89.0 Å². The predicted octanol–water partition coefficient (Wildman–Crippen LogP) is 3.17. The number of carbonyl (C=O) groups excluding carboxylic acids is 2. The number of hydrogen-bond acceptors (Lipinski definition) is 5. The Balaban J connectivity index is 1.97. The predicted molar refractivity (Wildman–Crippen MR) is 112 cm³/mol. The van der Waals surface area contributed by atoms with Gasteiger partial charge in [-0.05, 0) is 54.8 Å². The van der Waals surface area contributed by atoms with Gasteiger partial charge in [0.15, 0.2) is 11.5 Å². The Hall–Kier alpha value is -3.42. The lowest BCUT2D eigenvalue weighted by Gasteiger charge is -2.12. The van der Waals surface area contributed by atoms with Crippen molar-refractivity contribution in [2.45, 2.75) is 33.3 Å². The molecule has 0 fully saturated rings. The zero-order valence-electron chi connectivity index (χ0n) is 17.1. The normalized spacial score (nSPS) is 10.6. The molecule has 2 amide bonds. The van der Waals surface area contributed by atoms with Crippen LogP contribution in [0.5, 0.6) is 11.5 Å². The molecule has 0 aromatic heterocycles. The van der Waals surface area contributed by atoms with E-state index in [0.29, 0.717) is 35.8 Å². The Bertz CT molecular complexity index is 886. The van der Waals surface area contributed by atoms with E-state index in [-0.39, 0.29) is 12.4 Å². The van der Waals surface area contributed by atoms with Crippen molar-refractivity contribution in [3.05, 3.63) is 59.4 Å². The zero-order valence-corrected chi connectivity index (χ0v) is 17.1. The van der Waals surface area contributed by atoms with Crippen LogP contribution in [-0.2, 0) is 16.2 Å². The molecule has 2 aromatic rings. The fourth-order valence-corrected chi connectivity index (χ4v) is 2.46. The van der Waals surface area contributed by atoms with Gasteiger partial charge in [0.2, 0.25) is 0 Å². The molecular formula is C22H26FN3O4. The highest BCUT2D eigenvalue weighted by Gasteiger charge is 2.11. The maximum absolute atomic E-state index is 13.3. The van der Waals surface area contributed by atoms with Crippen molar-refractivity contribution in [1.82, 2.24) is 10.7 Å². The summed E-state index contributed by atoms with van der Waals surface area (Å²) < 4.78 is 24.6. The van der Waals surface area contributed by atoms with Crippen LogP contribution in [0, 0.1) is 5.82 Å². The number of benzene rings is 2. The van der Waals surface area contributed by atoms with Gasteiger partial charge >= 0.3 is 11.8 Å². The molecule has 160 valence electrons. The highest BCUT2D eigenvalue weighted by Crippen LogP contribution is 2.29. The molecule has 8 heteroatoms. The smallest absolute Gasteiger partial charge is 0.329 e. The van der Waals surface area contributed by atoms with Gasteiger partial charge in [-0.2, -0.15) is 5.10 Å². The molecule has 0 aliphatic carbocycles. The Morgan fingerprint density at radius 1 is 1.07 bits per heavy atom. The van der Waals surface area contributed by atoms with E-state index in [2.05, 4.69) is 15.8 Å². The van der Waals surface area contributed by atoms with Crippen LogP contribution in [0.2, 0.25) is 0 Å². The van der Waals surface area contributed by atoms with Crippen LogP contribution in [0.1, 0.15) is 37.8 Å². The lowest BCUT2D eigenvalue weighted by molar-refractivity contribution is -0.139. The Kier molecular flexibility index (Phi) is 9.30. The third-order valence-electron chi connectivity index (χ3n) is 3.95. The molecule has 0 unspecified atom stereocenters. The number of rotatable bonds is 10. The lowest BCUT2D eigenvalue weighted by Crippen LogP contribution is -2.38. The molecular weight excluding hydrogens is 389 g/mol. The molecule has 0 radical (unpaired) electrons. The number of hydrazone groups is 1. The summed E-state index contributed by atoms with van der Waals surface area (Å²) in [4.78, 5) is 23.3. The minimum absolute atomic E-state index is 0.189. The maximum Gasteiger partial charge on any atom is 0.329 e. The first-order chi connectivity index (χ1) is 14.5. The van der Waals surface area contributed by atoms with E-state index in [1.807, 2.05) is 13.8 Å². The van der Waals surface area contributed by atoms with Crippen molar-refractivity contribution >= 4 is 18.0 Å². The molecule has 0 bridgehead atoms. The Labute approximate surface area is 175 Å². The second kappa shape index (κ2) is 12.2. The second-order valence-electron chi connectivity index (χ2n) is 6.37. The summed E-state index contributed by atoms with van der Waals surface area (Å²) in [5.74, 6) is -0.896. The number of carbonyl (C=O) groups is 2. The molecule has 0 saturated heterocycles. The van der Waals surface area contributed by atoms with E-state index in [1.54, 1.807) is 30.3 Å². The maximum atomic E-state index is 13.3. The van der Waals surface area contributed by atoms with Gasteiger partial charge in [0.1, 0.15) is 12.4 Å². The van der Waals surface area contributed by atoms with Crippen molar-refractivity contribution in [3.63, 3.8) is 0 Å². The lowest BCUT2D eigenvalue weighted by atomic mass is 10.2. The minimum Gasteiger partial charge on any atom is -0.490 e. The Morgan fingerprint density at radius 2 is 1.90 bits per heavy atom. The summed E-state index contributed by atoms with van der Waals surface area (Å²) >= 11 is 0. The first-order valence-electron chi connectivity index (χ1n) is 9.78. The van der Waals surface area contributed by atoms with E-state index < -0.39 is 11.8 Å². The van der Waals surface area contributed by atoms with Gasteiger partial charge in [-0.25, -0.2) is 9.82 Å². The van der Waals surface area contributed by atoms with Crippen LogP contribution in [0.3, 0.4) is 0 Å². The van der Waals surface area contributed by atoms with Crippen LogP contribution < -0.4 is 20.2 Å². The van der Waals surface area contributed by atoms with E-state index in [0.717, 1.165) is 12.8 Å². The van der Waals surface area contributed by atoms with Crippen LogP contribution in [0.15, 0.2) is 47.6 Å². The van der Waals surface area contributed by atoms with Crippen molar-refractivity contribution in [3.8, 4) is 11.5 Å². The summed E-state index contributed by atoms with van der Waals surface area (Å²) in [7, 11) is 0. The molecule has 0 heterocycles. The SMILES string of the molecule is CCCCNC(=O)C(=O)N/N=C\c1ccc(OCc2cccc(F)c2)c(OCC)c1. The second-order valence-corrected chi connectivity index (χ2v) is 6.37. The average Bonchev–Trinajstić information content (AvgIpc) is 2.73. The van der Waals surface area contributed by atoms with Gasteiger partial charge in [0, 0.05) is 6.54 Å². The number of nitrogens with zero attached hydrogens (tertiary/aromatic N) is 1. The number of hydrogen-bond donors (Lipinski definition) is 2. The molecule has 7 nitrogen and oxygen atoms in total. The highest BCUT2D eigenvalue weighted by molar-refractivity contribution is 6.35. The van der Waals surface area contributed by atoms with Gasteiger partial charge in [0.05, 0.1) is 12.8 Å². The van der Waals surface area contributed by atoms with Crippen molar-refractivity contribution in [2.75, 3.05) is 13.2 Å². The zero-order chi connectivity index (χ0) is 21.8. The van der Waals surface area contributed by atoms with Crippen molar-refractivity contribution < 1.29 is 23.5 Å². The van der Waals surface area contributed by atoms with E-state index in [4.69, 9.17) is 9.47 Å². The largest absolute Gasteiger partial charge is 0.490 e. The fraction of sp³-hybridized carbons (Fsp3) is 0.318. The molecule has 2 aromatic carbocycles. The van der Waals surface area contributed by atoms with Crippen molar-refractivity contribution in [2.24, 2.45) is 5.10 Å². The molecule has 0 aliphatic rings. The molecule has 30 heavy (non-hydrogen) atoms. The van der Waals surface area contributed by atoms with Crippen LogP contribution in [-0.4, -0.2) is 31.2 Å². The molecule has 0 atom stereocenters.